The number of H-pyrrole nitrogens is 1. The molecule has 10 nitrogen and oxygen atoms in total. The van der Waals surface area contributed by atoms with Crippen LogP contribution in [0.15, 0.2) is 36.5 Å². The maximum Gasteiger partial charge on any atom is 0.225 e. The normalized spacial score (nSPS) is 24.2. The smallest absolute Gasteiger partial charge is 0.225 e. The number of allylic oxidation sites excluding steroid dienone is 1. The molecule has 1 saturated heterocycles. The number of methoxy groups -OCH3 is 1. The van der Waals surface area contributed by atoms with E-state index in [1.807, 2.05) is 12.1 Å². The number of carbonyl (C=O) groups is 1. The predicted molar refractivity (Wildman–Crippen MR) is 146 cm³/mol. The number of anilines is 2. The Morgan fingerprint density at radius 2 is 2.11 bits per heavy atom. The lowest BCUT2D eigenvalue weighted by Crippen LogP contribution is -2.44. The van der Waals surface area contributed by atoms with Crippen molar-refractivity contribution in [3.05, 3.63) is 41.6 Å². The molecule has 3 heterocycles. The zero-order chi connectivity index (χ0) is 26.2. The first-order valence-corrected chi connectivity index (χ1v) is 13.3. The van der Waals surface area contributed by atoms with E-state index in [4.69, 9.17) is 31.2 Å². The van der Waals surface area contributed by atoms with E-state index in [0.29, 0.717) is 46.7 Å². The SMILES string of the molecule is COc1cc(N2CCOCC2)ccc1-c1nc2ncc(Cl)c(NC3C4C=CC(C4)C3C(=O)NCCO)c2[nH]1. The molecule has 1 aliphatic heterocycles. The lowest BCUT2D eigenvalue weighted by molar-refractivity contribution is -0.126. The van der Waals surface area contributed by atoms with Crippen LogP contribution in [0.4, 0.5) is 11.4 Å². The first-order chi connectivity index (χ1) is 18.6. The van der Waals surface area contributed by atoms with E-state index in [2.05, 4.69) is 43.7 Å². The standard InChI is InChI=1S/C27H31ClN6O4/c1-37-20-13-17(34-7-10-38-11-8-34)4-5-18(20)25-32-24-23(19(28)14-30-26(24)33-25)31-22-16-3-2-15(12-16)21(22)27(36)29-6-9-35/h2-5,13-16,21-22,35H,6-12H2,1H3,(H,29,36)(H2,30,31,32,33). The molecule has 0 spiro atoms. The van der Waals surface area contributed by atoms with Gasteiger partial charge in [0, 0.05) is 37.4 Å². The second-order valence-electron chi connectivity index (χ2n) is 9.91. The zero-order valence-electron chi connectivity index (χ0n) is 21.1. The van der Waals surface area contributed by atoms with E-state index in [1.54, 1.807) is 13.3 Å². The number of halogens is 1. The van der Waals surface area contributed by atoms with Crippen LogP contribution in [0, 0.1) is 17.8 Å². The molecule has 200 valence electrons. The van der Waals surface area contributed by atoms with E-state index in [-0.39, 0.29) is 42.9 Å². The lowest BCUT2D eigenvalue weighted by atomic mass is 9.87. The molecule has 2 bridgehead atoms. The number of aromatic nitrogens is 3. The molecule has 6 rings (SSSR count). The third-order valence-electron chi connectivity index (χ3n) is 7.77. The third-order valence-corrected chi connectivity index (χ3v) is 8.06. The summed E-state index contributed by atoms with van der Waals surface area (Å²) < 4.78 is 11.2. The van der Waals surface area contributed by atoms with Gasteiger partial charge in [0.05, 0.1) is 55.3 Å². The van der Waals surface area contributed by atoms with Gasteiger partial charge < -0.3 is 35.1 Å². The highest BCUT2D eigenvalue weighted by Gasteiger charge is 2.48. The van der Waals surface area contributed by atoms with Crippen LogP contribution >= 0.6 is 11.6 Å². The minimum absolute atomic E-state index is 0.0646. The van der Waals surface area contributed by atoms with Crippen LogP contribution in [0.25, 0.3) is 22.6 Å². The van der Waals surface area contributed by atoms with Gasteiger partial charge in [-0.05, 0) is 30.4 Å². The van der Waals surface area contributed by atoms with Gasteiger partial charge in [0.25, 0.3) is 0 Å². The number of imidazole rings is 1. The molecular formula is C27H31ClN6O4. The van der Waals surface area contributed by atoms with Crippen molar-refractivity contribution >= 4 is 40.0 Å². The highest BCUT2D eigenvalue weighted by molar-refractivity contribution is 6.34. The Kier molecular flexibility index (Phi) is 6.86. The van der Waals surface area contributed by atoms with Gasteiger partial charge in [-0.15, -0.1) is 0 Å². The van der Waals surface area contributed by atoms with Crippen molar-refractivity contribution in [3.8, 4) is 17.1 Å². The average molecular weight is 539 g/mol. The number of aliphatic hydroxyl groups is 1. The Morgan fingerprint density at radius 3 is 2.89 bits per heavy atom. The van der Waals surface area contributed by atoms with Crippen molar-refractivity contribution in [3.63, 3.8) is 0 Å². The number of carbonyl (C=O) groups excluding carboxylic acids is 1. The number of aliphatic hydroxyl groups excluding tert-OH is 1. The molecule has 1 amide bonds. The maximum atomic E-state index is 13.0. The zero-order valence-corrected chi connectivity index (χ0v) is 21.9. The van der Waals surface area contributed by atoms with Crippen LogP contribution in [0.1, 0.15) is 6.42 Å². The first kappa shape index (κ1) is 25.0. The molecule has 3 aliphatic rings. The number of hydrogen-bond donors (Lipinski definition) is 4. The number of rotatable bonds is 8. The van der Waals surface area contributed by atoms with Crippen LogP contribution in [0.5, 0.6) is 5.75 Å². The van der Waals surface area contributed by atoms with E-state index < -0.39 is 0 Å². The minimum Gasteiger partial charge on any atom is -0.496 e. The number of fused-ring (bicyclic) bond motifs is 3. The van der Waals surface area contributed by atoms with Crippen molar-refractivity contribution in [1.29, 1.82) is 0 Å². The summed E-state index contributed by atoms with van der Waals surface area (Å²) in [6, 6.07) is 5.94. The van der Waals surface area contributed by atoms with Gasteiger partial charge in [-0.2, -0.15) is 0 Å². The number of nitrogens with one attached hydrogen (secondary N) is 3. The minimum atomic E-state index is -0.258. The van der Waals surface area contributed by atoms with Crippen molar-refractivity contribution in [1.82, 2.24) is 20.3 Å². The Balaban J connectivity index is 1.32. The van der Waals surface area contributed by atoms with Crippen LogP contribution < -0.4 is 20.3 Å². The Bertz CT molecular complexity index is 1370. The quantitative estimate of drug-likeness (QED) is 0.323. The second kappa shape index (κ2) is 10.4. The second-order valence-corrected chi connectivity index (χ2v) is 10.3. The molecule has 3 aromatic rings. The van der Waals surface area contributed by atoms with Crippen LogP contribution in [-0.4, -0.2) is 78.6 Å². The van der Waals surface area contributed by atoms with Gasteiger partial charge in [0.15, 0.2) is 5.65 Å². The number of pyridine rings is 1. The Hall–Kier alpha value is -3.34. The number of amides is 1. The molecule has 2 aliphatic carbocycles. The number of benzene rings is 1. The number of morpholine rings is 1. The van der Waals surface area contributed by atoms with Crippen molar-refractivity contribution in [2.75, 3.05) is 56.8 Å². The summed E-state index contributed by atoms with van der Waals surface area (Å²) in [7, 11) is 1.65. The highest BCUT2D eigenvalue weighted by Crippen LogP contribution is 2.46. The number of aromatic amines is 1. The lowest BCUT2D eigenvalue weighted by Gasteiger charge is -2.29. The molecule has 2 aromatic heterocycles. The molecule has 1 aromatic carbocycles. The van der Waals surface area contributed by atoms with Gasteiger partial charge in [-0.25, -0.2) is 9.97 Å². The maximum absolute atomic E-state index is 13.0. The molecule has 4 unspecified atom stereocenters. The number of ether oxygens (including phenoxy) is 2. The van der Waals surface area contributed by atoms with Gasteiger partial charge in [-0.1, -0.05) is 23.8 Å². The summed E-state index contributed by atoms with van der Waals surface area (Å²) in [5.74, 6) is 1.36. The molecule has 4 atom stereocenters. The highest BCUT2D eigenvalue weighted by atomic mass is 35.5. The predicted octanol–water partition coefficient (Wildman–Crippen LogP) is 2.83. The molecule has 0 radical (unpaired) electrons. The Labute approximate surface area is 225 Å². The topological polar surface area (TPSA) is 125 Å². The molecular weight excluding hydrogens is 508 g/mol. The molecule has 11 heteroatoms. The molecule has 4 N–H and O–H groups in total. The van der Waals surface area contributed by atoms with E-state index in [1.165, 1.54) is 0 Å². The van der Waals surface area contributed by atoms with Gasteiger partial charge >= 0.3 is 0 Å². The summed E-state index contributed by atoms with van der Waals surface area (Å²) in [6.45, 7) is 3.23. The van der Waals surface area contributed by atoms with Gasteiger partial charge in [0.1, 0.15) is 17.1 Å². The summed E-state index contributed by atoms with van der Waals surface area (Å²) in [6.07, 6.45) is 6.78. The van der Waals surface area contributed by atoms with Crippen molar-refractivity contribution < 1.29 is 19.4 Å². The van der Waals surface area contributed by atoms with Crippen LogP contribution in [-0.2, 0) is 9.53 Å². The van der Waals surface area contributed by atoms with Gasteiger partial charge in [-0.3, -0.25) is 4.79 Å². The largest absolute Gasteiger partial charge is 0.496 e. The van der Waals surface area contributed by atoms with Gasteiger partial charge in [0.2, 0.25) is 5.91 Å². The van der Waals surface area contributed by atoms with E-state index >= 15 is 0 Å². The fourth-order valence-corrected chi connectivity index (χ4v) is 6.13. The van der Waals surface area contributed by atoms with Crippen LogP contribution in [0.3, 0.4) is 0 Å². The van der Waals surface area contributed by atoms with Crippen LogP contribution in [0.2, 0.25) is 5.02 Å². The first-order valence-electron chi connectivity index (χ1n) is 13.0. The van der Waals surface area contributed by atoms with Crippen molar-refractivity contribution in [2.24, 2.45) is 17.8 Å². The number of hydrogen-bond acceptors (Lipinski definition) is 8. The molecule has 1 saturated carbocycles. The van der Waals surface area contributed by atoms with E-state index in [0.717, 1.165) is 30.8 Å². The fraction of sp³-hybridized carbons (Fsp3) is 0.444. The van der Waals surface area contributed by atoms with E-state index in [9.17, 15) is 4.79 Å². The summed E-state index contributed by atoms with van der Waals surface area (Å²) in [5, 5.41) is 16.0. The fourth-order valence-electron chi connectivity index (χ4n) is 5.94. The summed E-state index contributed by atoms with van der Waals surface area (Å²) in [5.41, 5.74) is 3.75. The summed E-state index contributed by atoms with van der Waals surface area (Å²) >= 11 is 6.65. The molecule has 2 fully saturated rings. The third kappa shape index (κ3) is 4.46. The monoisotopic (exact) mass is 538 g/mol. The van der Waals surface area contributed by atoms with Crippen molar-refractivity contribution in [2.45, 2.75) is 12.5 Å². The molecule has 38 heavy (non-hydrogen) atoms. The average Bonchev–Trinajstić information content (AvgIpc) is 3.68. The Morgan fingerprint density at radius 1 is 1.29 bits per heavy atom. The summed E-state index contributed by atoms with van der Waals surface area (Å²) in [4.78, 5) is 27.8. The number of nitrogens with zero attached hydrogens (tertiary/aromatic N) is 3.